The Morgan fingerprint density at radius 1 is 1.19 bits per heavy atom. The molecule has 0 bridgehead atoms. The van der Waals surface area contributed by atoms with Gasteiger partial charge in [0.05, 0.1) is 17.7 Å². The van der Waals surface area contributed by atoms with Crippen LogP contribution in [-0.2, 0) is 6.54 Å². The van der Waals surface area contributed by atoms with Crippen molar-refractivity contribution < 1.29 is 0 Å². The summed E-state index contributed by atoms with van der Waals surface area (Å²) in [5, 5.41) is 2.12. The van der Waals surface area contributed by atoms with Crippen molar-refractivity contribution >= 4 is 17.4 Å². The molecular weight excluding hydrogens is 340 g/mol. The van der Waals surface area contributed by atoms with Gasteiger partial charge in [0.1, 0.15) is 5.82 Å². The highest BCUT2D eigenvalue weighted by Crippen LogP contribution is 2.26. The first-order valence-corrected chi connectivity index (χ1v) is 10.1. The van der Waals surface area contributed by atoms with E-state index >= 15 is 0 Å². The first-order valence-electron chi connectivity index (χ1n) is 9.20. The molecule has 1 atom stereocenters. The standard InChI is InChI=1S/C21H24N4S/c1-2-6-18(7-3-1)8-4-11-24-12-5-9-19(14-24)21-22-10-13-25(21)15-20-16-26-17-23-20/h1-4,6-8,10,13,16-17,19H,5,9,11-12,14-15H2/b8-4+/t19-/m1/s1. The maximum Gasteiger partial charge on any atom is 0.113 e. The minimum Gasteiger partial charge on any atom is -0.329 e. The van der Waals surface area contributed by atoms with Crippen LogP contribution >= 0.6 is 11.3 Å². The molecule has 1 aromatic carbocycles. The summed E-state index contributed by atoms with van der Waals surface area (Å²) < 4.78 is 2.27. The Morgan fingerprint density at radius 3 is 2.96 bits per heavy atom. The quantitative estimate of drug-likeness (QED) is 0.655. The average Bonchev–Trinajstić information content (AvgIpc) is 3.35. The van der Waals surface area contributed by atoms with E-state index in [1.807, 2.05) is 11.7 Å². The van der Waals surface area contributed by atoms with Gasteiger partial charge in [0.15, 0.2) is 0 Å². The number of imidazole rings is 1. The van der Waals surface area contributed by atoms with Crippen molar-refractivity contribution in [2.24, 2.45) is 0 Å². The SMILES string of the molecule is C(=C\c1ccccc1)/CN1CCC[C@@H](c2nccn2Cc2cscn2)C1. The van der Waals surface area contributed by atoms with Gasteiger partial charge in [-0.25, -0.2) is 9.97 Å². The van der Waals surface area contributed by atoms with Crippen molar-refractivity contribution in [1.82, 2.24) is 19.4 Å². The normalized spacial score (nSPS) is 18.5. The molecule has 0 spiro atoms. The van der Waals surface area contributed by atoms with Gasteiger partial charge in [-0.15, -0.1) is 11.3 Å². The van der Waals surface area contributed by atoms with E-state index in [0.717, 1.165) is 25.3 Å². The number of nitrogens with zero attached hydrogens (tertiary/aromatic N) is 4. The molecule has 1 fully saturated rings. The second-order valence-electron chi connectivity index (χ2n) is 6.80. The van der Waals surface area contributed by atoms with Gasteiger partial charge in [-0.3, -0.25) is 4.90 Å². The summed E-state index contributed by atoms with van der Waals surface area (Å²) in [7, 11) is 0. The van der Waals surface area contributed by atoms with Crippen LogP contribution in [0, 0.1) is 0 Å². The van der Waals surface area contributed by atoms with E-state index < -0.39 is 0 Å². The average molecular weight is 365 g/mol. The van der Waals surface area contributed by atoms with E-state index in [1.54, 1.807) is 11.3 Å². The van der Waals surface area contributed by atoms with Gasteiger partial charge >= 0.3 is 0 Å². The lowest BCUT2D eigenvalue weighted by Crippen LogP contribution is -2.35. The number of likely N-dealkylation sites (tertiary alicyclic amines) is 1. The van der Waals surface area contributed by atoms with E-state index in [2.05, 4.69) is 73.5 Å². The highest BCUT2D eigenvalue weighted by atomic mass is 32.1. The summed E-state index contributed by atoms with van der Waals surface area (Å²) in [6.45, 7) is 4.07. The van der Waals surface area contributed by atoms with Gasteiger partial charge in [-0.2, -0.15) is 0 Å². The molecule has 0 N–H and O–H groups in total. The Labute approximate surface area is 158 Å². The molecule has 2 aromatic heterocycles. The molecule has 1 saturated heterocycles. The van der Waals surface area contributed by atoms with Gasteiger partial charge in [-0.05, 0) is 24.9 Å². The van der Waals surface area contributed by atoms with Crippen molar-refractivity contribution in [1.29, 1.82) is 0 Å². The van der Waals surface area contributed by atoms with Crippen molar-refractivity contribution in [2.75, 3.05) is 19.6 Å². The van der Waals surface area contributed by atoms with E-state index in [9.17, 15) is 0 Å². The van der Waals surface area contributed by atoms with E-state index in [4.69, 9.17) is 0 Å². The fraction of sp³-hybridized carbons (Fsp3) is 0.333. The van der Waals surface area contributed by atoms with Gasteiger partial charge < -0.3 is 4.57 Å². The molecule has 0 unspecified atom stereocenters. The molecule has 0 amide bonds. The van der Waals surface area contributed by atoms with Crippen LogP contribution in [0.2, 0.25) is 0 Å². The lowest BCUT2D eigenvalue weighted by molar-refractivity contribution is 0.222. The van der Waals surface area contributed by atoms with Crippen molar-refractivity contribution in [3.63, 3.8) is 0 Å². The van der Waals surface area contributed by atoms with Gasteiger partial charge in [0.25, 0.3) is 0 Å². The largest absolute Gasteiger partial charge is 0.329 e. The maximum absolute atomic E-state index is 4.68. The summed E-state index contributed by atoms with van der Waals surface area (Å²) in [5.74, 6) is 1.71. The van der Waals surface area contributed by atoms with Crippen LogP contribution in [0.1, 0.15) is 35.8 Å². The van der Waals surface area contributed by atoms with Crippen LogP contribution in [0.4, 0.5) is 0 Å². The summed E-state index contributed by atoms with van der Waals surface area (Å²) in [6, 6.07) is 10.5. The highest BCUT2D eigenvalue weighted by molar-refractivity contribution is 7.07. The summed E-state index contributed by atoms with van der Waals surface area (Å²) in [4.78, 5) is 11.6. The van der Waals surface area contributed by atoms with Crippen molar-refractivity contribution in [3.05, 3.63) is 76.8 Å². The number of benzene rings is 1. The van der Waals surface area contributed by atoms with Crippen LogP contribution < -0.4 is 0 Å². The lowest BCUT2D eigenvalue weighted by atomic mass is 9.97. The molecular formula is C21H24N4S. The summed E-state index contributed by atoms with van der Waals surface area (Å²) in [6.07, 6.45) is 10.9. The predicted molar refractivity (Wildman–Crippen MR) is 107 cm³/mol. The lowest BCUT2D eigenvalue weighted by Gasteiger charge is -2.31. The first-order chi connectivity index (χ1) is 12.9. The van der Waals surface area contributed by atoms with Crippen LogP contribution in [-0.4, -0.2) is 39.1 Å². The molecule has 0 aliphatic carbocycles. The van der Waals surface area contributed by atoms with Crippen LogP contribution in [0.3, 0.4) is 0 Å². The number of aromatic nitrogens is 3. The summed E-state index contributed by atoms with van der Waals surface area (Å²) >= 11 is 1.65. The second-order valence-corrected chi connectivity index (χ2v) is 7.52. The Kier molecular flexibility index (Phi) is 5.57. The number of piperidine rings is 1. The minimum absolute atomic E-state index is 0.502. The molecule has 26 heavy (non-hydrogen) atoms. The zero-order valence-corrected chi connectivity index (χ0v) is 15.7. The molecule has 1 aliphatic heterocycles. The molecule has 4 rings (SSSR count). The number of thiazole rings is 1. The molecule has 134 valence electrons. The zero-order valence-electron chi connectivity index (χ0n) is 14.9. The molecule has 4 nitrogen and oxygen atoms in total. The molecule has 1 aliphatic rings. The third-order valence-electron chi connectivity index (χ3n) is 4.91. The second kappa shape index (κ2) is 8.43. The van der Waals surface area contributed by atoms with E-state index in [-0.39, 0.29) is 0 Å². The first kappa shape index (κ1) is 17.2. The third-order valence-corrected chi connectivity index (χ3v) is 5.54. The Hall–Kier alpha value is -2.24. The Bertz CT molecular complexity index is 823. The van der Waals surface area contributed by atoms with Crippen molar-refractivity contribution in [2.45, 2.75) is 25.3 Å². The van der Waals surface area contributed by atoms with E-state index in [1.165, 1.54) is 30.8 Å². The minimum atomic E-state index is 0.502. The molecule has 5 heteroatoms. The van der Waals surface area contributed by atoms with Crippen LogP contribution in [0.15, 0.2) is 59.7 Å². The van der Waals surface area contributed by atoms with E-state index in [0.29, 0.717) is 5.92 Å². The topological polar surface area (TPSA) is 34.0 Å². The number of hydrogen-bond donors (Lipinski definition) is 0. The highest BCUT2D eigenvalue weighted by Gasteiger charge is 2.24. The Morgan fingerprint density at radius 2 is 2.12 bits per heavy atom. The Balaban J connectivity index is 1.38. The molecule has 3 aromatic rings. The van der Waals surface area contributed by atoms with Gasteiger partial charge in [0, 0.05) is 36.8 Å². The predicted octanol–water partition coefficient (Wildman–Crippen LogP) is 4.28. The molecule has 3 heterocycles. The fourth-order valence-electron chi connectivity index (χ4n) is 3.64. The molecule has 0 saturated carbocycles. The maximum atomic E-state index is 4.68. The monoisotopic (exact) mass is 364 g/mol. The third kappa shape index (κ3) is 4.29. The summed E-state index contributed by atoms with van der Waals surface area (Å²) in [5.41, 5.74) is 4.28. The zero-order chi connectivity index (χ0) is 17.6. The van der Waals surface area contributed by atoms with Gasteiger partial charge in [-0.1, -0.05) is 42.5 Å². The fourth-order valence-corrected chi connectivity index (χ4v) is 4.19. The van der Waals surface area contributed by atoms with Gasteiger partial charge in [0.2, 0.25) is 0 Å². The van der Waals surface area contributed by atoms with Crippen LogP contribution in [0.5, 0.6) is 0 Å². The number of hydrogen-bond acceptors (Lipinski definition) is 4. The van der Waals surface area contributed by atoms with Crippen LogP contribution in [0.25, 0.3) is 6.08 Å². The smallest absolute Gasteiger partial charge is 0.113 e. The van der Waals surface area contributed by atoms with Crippen molar-refractivity contribution in [3.8, 4) is 0 Å². The molecule has 0 radical (unpaired) electrons. The number of rotatable bonds is 6.